The topological polar surface area (TPSA) is 152 Å². The molecular weight excluding hydrogens is 508 g/mol. The van der Waals surface area contributed by atoms with Crippen LogP contribution in [0, 0.1) is 5.41 Å². The summed E-state index contributed by atoms with van der Waals surface area (Å²) in [5, 5.41) is 15.7. The molecule has 0 unspecified atom stereocenters. The Hall–Kier alpha value is -4.22. The van der Waals surface area contributed by atoms with Crippen molar-refractivity contribution in [3.05, 3.63) is 83.9 Å². The molecule has 0 aliphatic heterocycles. The first-order chi connectivity index (χ1) is 18.1. The molecule has 38 heavy (non-hydrogen) atoms. The highest BCUT2D eigenvalue weighted by molar-refractivity contribution is 7.89. The number of sulfonamides is 1. The molecule has 0 bridgehead atoms. The van der Waals surface area contributed by atoms with E-state index in [1.54, 1.807) is 65.6 Å². The number of carbonyl (C=O) groups is 2. The lowest BCUT2D eigenvalue weighted by Crippen LogP contribution is -2.34. The zero-order valence-electron chi connectivity index (χ0n) is 21.1. The van der Waals surface area contributed by atoms with Gasteiger partial charge in [-0.1, -0.05) is 61.9 Å². The number of methoxy groups -OCH3 is 1. The first kappa shape index (κ1) is 28.4. The molecule has 3 rings (SSSR count). The van der Waals surface area contributed by atoms with Gasteiger partial charge in [0.05, 0.1) is 12.0 Å². The zero-order valence-corrected chi connectivity index (χ0v) is 22.0. The number of amidine groups is 1. The van der Waals surface area contributed by atoms with Crippen LogP contribution in [-0.2, 0) is 21.3 Å². The van der Waals surface area contributed by atoms with E-state index in [4.69, 9.17) is 15.3 Å². The zero-order chi connectivity index (χ0) is 27.7. The van der Waals surface area contributed by atoms with Gasteiger partial charge in [0.1, 0.15) is 11.6 Å². The van der Waals surface area contributed by atoms with Crippen LogP contribution in [0.15, 0.2) is 77.7 Å². The highest BCUT2D eigenvalue weighted by atomic mass is 32.2. The van der Waals surface area contributed by atoms with Gasteiger partial charge in [-0.3, -0.25) is 10.7 Å². The second-order valence-corrected chi connectivity index (χ2v) is 9.93. The smallest absolute Gasteiger partial charge is 0.415 e. The van der Waals surface area contributed by atoms with Crippen molar-refractivity contribution in [2.24, 2.45) is 5.14 Å². The number of unbranched alkanes of at least 4 members (excludes halogenated alkanes) is 1. The Morgan fingerprint density at radius 1 is 1.03 bits per heavy atom. The maximum atomic E-state index is 13.1. The van der Waals surface area contributed by atoms with Crippen LogP contribution in [0.3, 0.4) is 0 Å². The molecule has 200 valence electrons. The molecule has 2 amide bonds. The Kier molecular flexibility index (Phi) is 9.58. The van der Waals surface area contributed by atoms with E-state index < -0.39 is 22.2 Å². The number of carbonyl (C=O) groups excluding carboxylic acids is 2. The van der Waals surface area contributed by atoms with Gasteiger partial charge in [0.2, 0.25) is 10.0 Å². The first-order valence-electron chi connectivity index (χ1n) is 11.8. The van der Waals surface area contributed by atoms with Crippen LogP contribution < -0.4 is 15.2 Å². The normalized spacial score (nSPS) is 10.9. The molecule has 10 nitrogen and oxygen atoms in total. The molecule has 3 aromatic carbocycles. The number of benzene rings is 3. The van der Waals surface area contributed by atoms with Crippen LogP contribution in [0.25, 0.3) is 11.1 Å². The number of alkyl carbamates (subject to hydrolysis) is 1. The Bertz CT molecular complexity index is 1410. The summed E-state index contributed by atoms with van der Waals surface area (Å²) in [5.74, 6) is 0.177. The van der Waals surface area contributed by atoms with Gasteiger partial charge in [0, 0.05) is 24.2 Å². The second kappa shape index (κ2) is 12.8. The molecule has 0 radical (unpaired) electrons. The second-order valence-electron chi connectivity index (χ2n) is 8.40. The van der Waals surface area contributed by atoms with Crippen molar-refractivity contribution in [1.29, 1.82) is 5.41 Å². The van der Waals surface area contributed by atoms with Crippen molar-refractivity contribution in [3.8, 4) is 16.9 Å². The van der Waals surface area contributed by atoms with Gasteiger partial charge in [0.15, 0.2) is 0 Å². The van der Waals surface area contributed by atoms with Gasteiger partial charge in [-0.2, -0.15) is 0 Å². The summed E-state index contributed by atoms with van der Waals surface area (Å²) in [7, 11) is -2.69. The van der Waals surface area contributed by atoms with Gasteiger partial charge in [0.25, 0.3) is 0 Å². The highest BCUT2D eigenvalue weighted by Gasteiger charge is 2.18. The standard InChI is InChI=1S/C27H30N4O6S/c1-3-4-16-31(18-19-8-7-9-21(17-19)25(28)30-26(32)36-2)27(33)37-22-14-12-20(13-15-22)23-10-5-6-11-24(23)38(29,34)35/h5-15,17H,3-4,16,18H2,1-2H3,(H2,28,30,32)(H2,29,34,35). The lowest BCUT2D eigenvalue weighted by Gasteiger charge is -2.22. The van der Waals surface area contributed by atoms with Crippen molar-refractivity contribution in [2.75, 3.05) is 13.7 Å². The number of nitrogens with two attached hydrogens (primary N) is 1. The SMILES string of the molecule is CCCCN(Cc1cccc(C(=N)NC(=O)OC)c1)C(=O)Oc1ccc(-c2ccccc2S(N)(=O)=O)cc1. The van der Waals surface area contributed by atoms with Crippen LogP contribution in [-0.4, -0.2) is 45.0 Å². The van der Waals surface area contributed by atoms with Crippen molar-refractivity contribution in [2.45, 2.75) is 31.2 Å². The number of primary sulfonamides is 1. The molecule has 0 aliphatic carbocycles. The number of amides is 2. The first-order valence-corrected chi connectivity index (χ1v) is 13.4. The predicted molar refractivity (Wildman–Crippen MR) is 143 cm³/mol. The summed E-state index contributed by atoms with van der Waals surface area (Å²) >= 11 is 0. The molecule has 0 fully saturated rings. The summed E-state index contributed by atoms with van der Waals surface area (Å²) in [6, 6.07) is 19.8. The van der Waals surface area contributed by atoms with Gasteiger partial charge in [-0.05, 0) is 41.8 Å². The minimum Gasteiger partial charge on any atom is -0.453 e. The van der Waals surface area contributed by atoms with Gasteiger partial charge >= 0.3 is 12.2 Å². The maximum Gasteiger partial charge on any atom is 0.415 e. The van der Waals surface area contributed by atoms with Crippen molar-refractivity contribution < 1.29 is 27.5 Å². The summed E-state index contributed by atoms with van der Waals surface area (Å²) in [6.45, 7) is 2.71. The average Bonchev–Trinajstić information content (AvgIpc) is 2.91. The lowest BCUT2D eigenvalue weighted by molar-refractivity contribution is 0.148. The Morgan fingerprint density at radius 3 is 2.39 bits per heavy atom. The summed E-state index contributed by atoms with van der Waals surface area (Å²) in [4.78, 5) is 26.1. The fourth-order valence-electron chi connectivity index (χ4n) is 3.68. The van der Waals surface area contributed by atoms with Crippen molar-refractivity contribution in [3.63, 3.8) is 0 Å². The number of hydrogen-bond acceptors (Lipinski definition) is 7. The maximum absolute atomic E-state index is 13.1. The number of rotatable bonds is 9. The number of ether oxygens (including phenoxy) is 2. The predicted octanol–water partition coefficient (Wildman–Crippen LogP) is 4.48. The monoisotopic (exact) mass is 538 g/mol. The molecular formula is C27H30N4O6S. The van der Waals surface area contributed by atoms with E-state index in [0.29, 0.717) is 29.0 Å². The van der Waals surface area contributed by atoms with Crippen LogP contribution in [0.4, 0.5) is 9.59 Å². The lowest BCUT2D eigenvalue weighted by atomic mass is 10.1. The Balaban J connectivity index is 1.75. The molecule has 0 saturated heterocycles. The molecule has 0 spiro atoms. The number of nitrogens with zero attached hydrogens (tertiary/aromatic N) is 1. The Morgan fingerprint density at radius 2 is 1.74 bits per heavy atom. The minimum absolute atomic E-state index is 0.00702. The third-order valence-corrected chi connectivity index (χ3v) is 6.57. The summed E-state index contributed by atoms with van der Waals surface area (Å²) < 4.78 is 34.0. The van der Waals surface area contributed by atoms with Gasteiger partial charge in [-0.15, -0.1) is 0 Å². The molecule has 3 aromatic rings. The fourth-order valence-corrected chi connectivity index (χ4v) is 4.44. The van der Waals surface area contributed by atoms with E-state index in [2.05, 4.69) is 10.1 Å². The molecule has 0 aliphatic rings. The van der Waals surface area contributed by atoms with Crippen LogP contribution >= 0.6 is 0 Å². The van der Waals surface area contributed by atoms with E-state index in [9.17, 15) is 18.0 Å². The largest absolute Gasteiger partial charge is 0.453 e. The Labute approximate surface area is 221 Å². The van der Waals surface area contributed by atoms with E-state index in [-0.39, 0.29) is 17.3 Å². The van der Waals surface area contributed by atoms with Crippen LogP contribution in [0.1, 0.15) is 30.9 Å². The van der Waals surface area contributed by atoms with Crippen molar-refractivity contribution >= 4 is 28.0 Å². The quantitative estimate of drug-likeness (QED) is 0.270. The van der Waals surface area contributed by atoms with E-state index in [0.717, 1.165) is 18.4 Å². The van der Waals surface area contributed by atoms with Crippen molar-refractivity contribution in [1.82, 2.24) is 10.2 Å². The third-order valence-electron chi connectivity index (χ3n) is 5.61. The molecule has 11 heteroatoms. The highest BCUT2D eigenvalue weighted by Crippen LogP contribution is 2.28. The number of hydrogen-bond donors (Lipinski definition) is 3. The van der Waals surface area contributed by atoms with Gasteiger partial charge < -0.3 is 14.4 Å². The van der Waals surface area contributed by atoms with E-state index >= 15 is 0 Å². The van der Waals surface area contributed by atoms with Crippen LogP contribution in [0.2, 0.25) is 0 Å². The van der Waals surface area contributed by atoms with Gasteiger partial charge in [-0.25, -0.2) is 23.1 Å². The molecule has 0 aromatic heterocycles. The molecule has 0 saturated carbocycles. The fraction of sp³-hybridized carbons (Fsp3) is 0.222. The third kappa shape index (κ3) is 7.64. The summed E-state index contributed by atoms with van der Waals surface area (Å²) in [5.41, 5.74) is 2.27. The molecule has 0 heterocycles. The molecule has 4 N–H and O–H groups in total. The van der Waals surface area contributed by atoms with Crippen LogP contribution in [0.5, 0.6) is 5.75 Å². The van der Waals surface area contributed by atoms with E-state index in [1.807, 2.05) is 13.0 Å². The average molecular weight is 539 g/mol. The summed E-state index contributed by atoms with van der Waals surface area (Å²) in [6.07, 6.45) is 0.338. The number of nitrogens with one attached hydrogen (secondary N) is 2. The van der Waals surface area contributed by atoms with E-state index in [1.165, 1.54) is 13.2 Å². The minimum atomic E-state index is -3.91. The molecule has 0 atom stereocenters.